The number of rotatable bonds is 2. The minimum atomic E-state index is -0.594. The van der Waals surface area contributed by atoms with E-state index in [-0.39, 0.29) is 29.8 Å². The third-order valence-electron chi connectivity index (χ3n) is 6.82. The molecule has 0 aromatic carbocycles. The molecule has 1 saturated heterocycles. The fourth-order valence-electron chi connectivity index (χ4n) is 5.03. The van der Waals surface area contributed by atoms with Crippen molar-refractivity contribution in [3.05, 3.63) is 39.4 Å². The summed E-state index contributed by atoms with van der Waals surface area (Å²) in [7, 11) is 0. The second-order valence-corrected chi connectivity index (χ2v) is 11.1. The van der Waals surface area contributed by atoms with Crippen molar-refractivity contribution in [1.82, 2.24) is 29.4 Å². The Morgan fingerprint density at radius 1 is 1.19 bits per heavy atom. The molecule has 11 nitrogen and oxygen atoms in total. The highest BCUT2D eigenvalue weighted by atomic mass is 35.5. The van der Waals surface area contributed by atoms with Crippen molar-refractivity contribution >= 4 is 34.5 Å². The highest BCUT2D eigenvalue weighted by Gasteiger charge is 2.38. The number of hydrogen-bond donors (Lipinski definition) is 0. The molecule has 3 aromatic rings. The van der Waals surface area contributed by atoms with Crippen molar-refractivity contribution in [3.63, 3.8) is 0 Å². The van der Waals surface area contributed by atoms with Crippen LogP contribution < -0.4 is 15.3 Å². The van der Waals surface area contributed by atoms with E-state index in [9.17, 15) is 9.59 Å². The molecule has 12 heteroatoms. The van der Waals surface area contributed by atoms with Crippen LogP contribution in [0.3, 0.4) is 0 Å². The number of aromatic nitrogens is 5. The summed E-state index contributed by atoms with van der Waals surface area (Å²) in [4.78, 5) is 48.1. The molecule has 0 unspecified atom stereocenters. The smallest absolute Gasteiger partial charge is 0.410 e. The first-order valence-corrected chi connectivity index (χ1v) is 12.8. The maximum Gasteiger partial charge on any atom is 0.410 e. The topological polar surface area (TPSA) is 116 Å². The number of nitrogens with zero attached hydrogens (tertiary/aromatic N) is 7. The lowest BCUT2D eigenvalue weighted by Crippen LogP contribution is -2.57. The molecule has 6 rings (SSSR count). The fraction of sp³-hybridized carbons (Fsp3) is 0.520. The number of hydrogen-bond acceptors (Lipinski definition) is 9. The third-order valence-corrected chi connectivity index (χ3v) is 7.01. The second kappa shape index (κ2) is 8.54. The van der Waals surface area contributed by atoms with Crippen LogP contribution in [0, 0.1) is 6.92 Å². The van der Waals surface area contributed by atoms with E-state index < -0.39 is 11.3 Å². The summed E-state index contributed by atoms with van der Waals surface area (Å²) >= 11 is 6.44. The van der Waals surface area contributed by atoms with Gasteiger partial charge in [0.15, 0.2) is 5.65 Å². The zero-order valence-electron chi connectivity index (χ0n) is 21.2. The molecule has 2 fully saturated rings. The van der Waals surface area contributed by atoms with Gasteiger partial charge in [0.2, 0.25) is 0 Å². The highest BCUT2D eigenvalue weighted by Crippen LogP contribution is 2.43. The Hall–Kier alpha value is -3.47. The van der Waals surface area contributed by atoms with Crippen LogP contribution in [0.1, 0.15) is 50.9 Å². The average Bonchev–Trinajstić information content (AvgIpc) is 3.67. The van der Waals surface area contributed by atoms with Gasteiger partial charge in [-0.15, -0.1) is 0 Å². The molecule has 3 aliphatic rings. The van der Waals surface area contributed by atoms with Crippen LogP contribution in [0.5, 0.6) is 5.75 Å². The van der Waals surface area contributed by atoms with Gasteiger partial charge >= 0.3 is 11.8 Å². The van der Waals surface area contributed by atoms with Gasteiger partial charge in [-0.2, -0.15) is 4.98 Å². The molecule has 5 heterocycles. The van der Waals surface area contributed by atoms with Crippen LogP contribution in [-0.4, -0.2) is 73.4 Å². The Kier molecular flexibility index (Phi) is 5.52. The first-order valence-electron chi connectivity index (χ1n) is 12.4. The molecular weight excluding hydrogens is 498 g/mol. The molecule has 194 valence electrons. The van der Waals surface area contributed by atoms with Crippen LogP contribution in [0.4, 0.5) is 10.6 Å². The number of halogens is 1. The van der Waals surface area contributed by atoms with E-state index in [0.29, 0.717) is 53.6 Å². The van der Waals surface area contributed by atoms with Gasteiger partial charge in [0, 0.05) is 31.6 Å². The van der Waals surface area contributed by atoms with Gasteiger partial charge in [-0.3, -0.25) is 0 Å². The lowest BCUT2D eigenvalue weighted by atomic mass is 10.1. The molecule has 1 saturated carbocycles. The summed E-state index contributed by atoms with van der Waals surface area (Å²) in [6, 6.07) is 1.41. The van der Waals surface area contributed by atoms with E-state index >= 15 is 0 Å². The molecule has 3 aromatic heterocycles. The minimum Gasteiger partial charge on any atom is -0.490 e. The number of carbonyl (C=O) groups excluding carboxylic acids is 1. The van der Waals surface area contributed by atoms with Crippen LogP contribution in [0.15, 0.2) is 17.2 Å². The first kappa shape index (κ1) is 23.9. The van der Waals surface area contributed by atoms with Crippen molar-refractivity contribution in [1.29, 1.82) is 0 Å². The number of ether oxygens (including phenoxy) is 2. The summed E-state index contributed by atoms with van der Waals surface area (Å²) < 4.78 is 13.3. The van der Waals surface area contributed by atoms with E-state index in [4.69, 9.17) is 21.1 Å². The van der Waals surface area contributed by atoms with E-state index in [0.717, 1.165) is 18.5 Å². The second-order valence-electron chi connectivity index (χ2n) is 10.7. The van der Waals surface area contributed by atoms with Gasteiger partial charge in [0.05, 0.1) is 23.1 Å². The largest absolute Gasteiger partial charge is 0.490 e. The van der Waals surface area contributed by atoms with Crippen LogP contribution >= 0.6 is 11.6 Å². The van der Waals surface area contributed by atoms with Crippen LogP contribution in [-0.2, 0) is 4.74 Å². The molecule has 2 aliphatic heterocycles. The first-order chi connectivity index (χ1) is 17.6. The lowest BCUT2D eigenvalue weighted by Gasteiger charge is -2.41. The number of pyridine rings is 1. The van der Waals surface area contributed by atoms with E-state index in [1.54, 1.807) is 11.0 Å². The Bertz CT molecular complexity index is 1480. The summed E-state index contributed by atoms with van der Waals surface area (Å²) in [5.41, 5.74) is 1.35. The SMILES string of the molecule is Cc1ncnc(C2CC2)c1-n1c(=O)nc2c3c(cc(Cl)nc31)OC[C@H]1CN(C(=O)OC(C)(C)C)CCN21. The molecule has 1 aliphatic carbocycles. The maximum absolute atomic E-state index is 13.7. The third kappa shape index (κ3) is 4.24. The molecule has 0 N–H and O–H groups in total. The van der Waals surface area contributed by atoms with E-state index in [1.165, 1.54) is 10.9 Å². The van der Waals surface area contributed by atoms with Gasteiger partial charge in [-0.1, -0.05) is 11.6 Å². The predicted molar refractivity (Wildman–Crippen MR) is 137 cm³/mol. The number of anilines is 1. The lowest BCUT2D eigenvalue weighted by molar-refractivity contribution is 0.0202. The Morgan fingerprint density at radius 3 is 2.70 bits per heavy atom. The van der Waals surface area contributed by atoms with Gasteiger partial charge < -0.3 is 19.3 Å². The molecule has 0 radical (unpaired) electrons. The Labute approximate surface area is 218 Å². The standard InChI is InChI=1S/C25H28ClN7O4/c1-13-20(19(14-5-6-14)28-12-27-13)33-22-18-16(9-17(26)29-22)36-11-15-10-31(24(35)37-25(2,3)4)7-8-32(15)21(18)30-23(33)34/h9,12,14-15H,5-8,10-11H2,1-4H3/t15-/m1/s1. The zero-order chi connectivity index (χ0) is 26.1. The number of piperazine rings is 1. The average molecular weight is 526 g/mol. The van der Waals surface area contributed by atoms with Crippen LogP contribution in [0.25, 0.3) is 16.7 Å². The van der Waals surface area contributed by atoms with Crippen LogP contribution in [0.2, 0.25) is 5.15 Å². The summed E-state index contributed by atoms with van der Waals surface area (Å²) in [5, 5.41) is 0.799. The summed E-state index contributed by atoms with van der Waals surface area (Å²) in [6.45, 7) is 8.90. The predicted octanol–water partition coefficient (Wildman–Crippen LogP) is 3.23. The highest BCUT2D eigenvalue weighted by molar-refractivity contribution is 6.30. The fourth-order valence-corrected chi connectivity index (χ4v) is 5.21. The van der Waals surface area contributed by atoms with Gasteiger partial charge in [-0.05, 0) is 40.5 Å². The van der Waals surface area contributed by atoms with Crippen molar-refractivity contribution in [2.45, 2.75) is 58.1 Å². The quantitative estimate of drug-likeness (QED) is 0.465. The number of amides is 1. The Balaban J connectivity index is 1.48. The number of fused-ring (bicyclic) bond motifs is 2. The number of carbonyl (C=O) groups is 1. The van der Waals surface area contributed by atoms with Gasteiger partial charge in [-0.25, -0.2) is 29.1 Å². The van der Waals surface area contributed by atoms with E-state index in [2.05, 4.69) is 19.9 Å². The molecule has 0 bridgehead atoms. The molecular formula is C25H28ClN7O4. The van der Waals surface area contributed by atoms with Crippen molar-refractivity contribution in [3.8, 4) is 11.4 Å². The van der Waals surface area contributed by atoms with E-state index in [1.807, 2.05) is 32.6 Å². The van der Waals surface area contributed by atoms with Crippen molar-refractivity contribution < 1.29 is 14.3 Å². The van der Waals surface area contributed by atoms with Gasteiger partial charge in [0.1, 0.15) is 40.6 Å². The normalized spacial score (nSPS) is 19.3. The molecule has 37 heavy (non-hydrogen) atoms. The van der Waals surface area contributed by atoms with Gasteiger partial charge in [0.25, 0.3) is 0 Å². The van der Waals surface area contributed by atoms with Crippen molar-refractivity contribution in [2.24, 2.45) is 0 Å². The summed E-state index contributed by atoms with van der Waals surface area (Å²) in [5.74, 6) is 1.24. The number of aryl methyl sites for hydroxylation is 1. The molecule has 0 spiro atoms. The van der Waals surface area contributed by atoms with Crippen molar-refractivity contribution in [2.75, 3.05) is 31.1 Å². The molecule has 1 atom stereocenters. The monoisotopic (exact) mass is 525 g/mol. The summed E-state index contributed by atoms with van der Waals surface area (Å²) in [6.07, 6.45) is 3.17. The minimum absolute atomic E-state index is 0.200. The molecule has 1 amide bonds. The maximum atomic E-state index is 13.7. The zero-order valence-corrected chi connectivity index (χ0v) is 21.9. The Morgan fingerprint density at radius 2 is 1.97 bits per heavy atom.